The second kappa shape index (κ2) is 8.05. The number of piperidine rings is 1. The number of rotatable bonds is 5. The van der Waals surface area contributed by atoms with Crippen molar-refractivity contribution in [1.82, 2.24) is 10.2 Å². The average Bonchev–Trinajstić information content (AvgIpc) is 2.62. The minimum Gasteiger partial charge on any atom is -0.464 e. The maximum atomic E-state index is 12.7. The van der Waals surface area contributed by atoms with Crippen LogP contribution in [0.4, 0.5) is 4.79 Å². The lowest BCUT2D eigenvalue weighted by molar-refractivity contribution is -0.160. The SMILES string of the molecule is CCOC(=O)C1(NC(=O)OCc2ccccc2)CC2COCC(C1)N2C. The van der Waals surface area contributed by atoms with Gasteiger partial charge in [0.25, 0.3) is 0 Å². The van der Waals surface area contributed by atoms with Gasteiger partial charge >= 0.3 is 12.1 Å². The Balaban J connectivity index is 1.70. The highest BCUT2D eigenvalue weighted by atomic mass is 16.6. The number of esters is 1. The molecule has 26 heavy (non-hydrogen) atoms. The van der Waals surface area contributed by atoms with Gasteiger partial charge in [0.05, 0.1) is 19.8 Å². The molecule has 1 amide bonds. The summed E-state index contributed by atoms with van der Waals surface area (Å²) in [6, 6.07) is 9.54. The molecule has 142 valence electrons. The highest BCUT2D eigenvalue weighted by molar-refractivity contribution is 5.86. The van der Waals surface area contributed by atoms with Crippen LogP contribution in [0, 0.1) is 0 Å². The highest BCUT2D eigenvalue weighted by Crippen LogP contribution is 2.34. The molecule has 2 bridgehead atoms. The van der Waals surface area contributed by atoms with E-state index < -0.39 is 17.6 Å². The lowest BCUT2D eigenvalue weighted by Gasteiger charge is -2.50. The highest BCUT2D eigenvalue weighted by Gasteiger charge is 2.52. The first-order chi connectivity index (χ1) is 12.5. The molecule has 2 heterocycles. The molecule has 1 N–H and O–H groups in total. The summed E-state index contributed by atoms with van der Waals surface area (Å²) < 4.78 is 16.2. The van der Waals surface area contributed by atoms with Gasteiger partial charge in [-0.15, -0.1) is 0 Å². The summed E-state index contributed by atoms with van der Waals surface area (Å²) in [4.78, 5) is 27.3. The number of ether oxygens (including phenoxy) is 3. The molecule has 0 radical (unpaired) electrons. The number of nitrogens with one attached hydrogen (secondary N) is 1. The molecule has 2 atom stereocenters. The molecule has 2 aliphatic rings. The van der Waals surface area contributed by atoms with E-state index >= 15 is 0 Å². The number of amides is 1. The predicted octanol–water partition coefficient (Wildman–Crippen LogP) is 1.71. The van der Waals surface area contributed by atoms with E-state index in [0.717, 1.165) is 5.56 Å². The Morgan fingerprint density at radius 1 is 1.19 bits per heavy atom. The molecule has 0 aromatic heterocycles. The summed E-state index contributed by atoms with van der Waals surface area (Å²) in [6.07, 6.45) is 0.281. The van der Waals surface area contributed by atoms with Crippen LogP contribution < -0.4 is 5.32 Å². The van der Waals surface area contributed by atoms with Crippen molar-refractivity contribution >= 4 is 12.1 Å². The summed E-state index contributed by atoms with van der Waals surface area (Å²) in [5, 5.41) is 2.82. The summed E-state index contributed by atoms with van der Waals surface area (Å²) in [6.45, 7) is 3.26. The van der Waals surface area contributed by atoms with E-state index in [4.69, 9.17) is 14.2 Å². The van der Waals surface area contributed by atoms with E-state index in [1.54, 1.807) is 6.92 Å². The lowest BCUT2D eigenvalue weighted by atomic mass is 9.78. The Morgan fingerprint density at radius 2 is 1.85 bits per heavy atom. The Morgan fingerprint density at radius 3 is 2.46 bits per heavy atom. The van der Waals surface area contributed by atoms with Crippen molar-refractivity contribution in [1.29, 1.82) is 0 Å². The lowest BCUT2D eigenvalue weighted by Crippen LogP contribution is -2.68. The first-order valence-corrected chi connectivity index (χ1v) is 9.00. The van der Waals surface area contributed by atoms with Crippen LogP contribution in [0.15, 0.2) is 30.3 Å². The van der Waals surface area contributed by atoms with Crippen molar-refractivity contribution in [2.45, 2.75) is 44.0 Å². The summed E-state index contributed by atoms with van der Waals surface area (Å²) in [5.41, 5.74) is -0.184. The van der Waals surface area contributed by atoms with Crippen LogP contribution in [-0.2, 0) is 25.6 Å². The van der Waals surface area contributed by atoms with Crippen molar-refractivity contribution in [3.05, 3.63) is 35.9 Å². The Hall–Kier alpha value is -2.12. The second-order valence-electron chi connectivity index (χ2n) is 6.91. The zero-order valence-corrected chi connectivity index (χ0v) is 15.3. The predicted molar refractivity (Wildman–Crippen MR) is 94.5 cm³/mol. The molecule has 2 unspecified atom stereocenters. The van der Waals surface area contributed by atoms with Gasteiger partial charge in [-0.1, -0.05) is 30.3 Å². The van der Waals surface area contributed by atoms with E-state index in [9.17, 15) is 9.59 Å². The fourth-order valence-electron chi connectivity index (χ4n) is 3.71. The summed E-state index contributed by atoms with van der Waals surface area (Å²) in [7, 11) is 2.03. The van der Waals surface area contributed by atoms with Crippen LogP contribution in [0.2, 0.25) is 0 Å². The summed E-state index contributed by atoms with van der Waals surface area (Å²) in [5.74, 6) is -0.401. The fraction of sp³-hybridized carbons (Fsp3) is 0.579. The van der Waals surface area contributed by atoms with Gasteiger partial charge in [-0.05, 0) is 32.4 Å². The Kier molecular flexibility index (Phi) is 5.78. The van der Waals surface area contributed by atoms with Crippen molar-refractivity contribution in [3.8, 4) is 0 Å². The van der Waals surface area contributed by atoms with Crippen LogP contribution in [-0.4, -0.2) is 61.5 Å². The van der Waals surface area contributed by atoms with Gasteiger partial charge < -0.3 is 19.5 Å². The molecule has 2 saturated heterocycles. The number of morpholine rings is 1. The molecule has 1 aromatic rings. The molecule has 7 nitrogen and oxygen atoms in total. The third-order valence-corrected chi connectivity index (χ3v) is 5.16. The zero-order valence-electron chi connectivity index (χ0n) is 15.3. The van der Waals surface area contributed by atoms with Crippen molar-refractivity contribution in [3.63, 3.8) is 0 Å². The summed E-state index contributed by atoms with van der Waals surface area (Å²) >= 11 is 0. The van der Waals surface area contributed by atoms with Crippen LogP contribution in [0.1, 0.15) is 25.3 Å². The van der Waals surface area contributed by atoms with E-state index in [2.05, 4.69) is 10.2 Å². The second-order valence-corrected chi connectivity index (χ2v) is 6.91. The number of likely N-dealkylation sites (N-methyl/N-ethyl adjacent to an activating group) is 1. The third-order valence-electron chi connectivity index (χ3n) is 5.16. The van der Waals surface area contributed by atoms with E-state index in [1.807, 2.05) is 37.4 Å². The van der Waals surface area contributed by atoms with Crippen molar-refractivity contribution < 1.29 is 23.8 Å². The normalized spacial score (nSPS) is 28.2. The molecule has 7 heteroatoms. The van der Waals surface area contributed by atoms with Gasteiger partial charge in [0.15, 0.2) is 0 Å². The Bertz CT molecular complexity index is 622. The van der Waals surface area contributed by atoms with E-state index in [0.29, 0.717) is 26.1 Å². The third kappa shape index (κ3) is 3.99. The monoisotopic (exact) mass is 362 g/mol. The number of fused-ring (bicyclic) bond motifs is 2. The molecular formula is C19H26N2O5. The molecule has 0 saturated carbocycles. The minimum atomic E-state index is -1.07. The largest absolute Gasteiger partial charge is 0.464 e. The van der Waals surface area contributed by atoms with Gasteiger partial charge in [-0.25, -0.2) is 9.59 Å². The first kappa shape index (κ1) is 18.7. The van der Waals surface area contributed by atoms with Crippen molar-refractivity contribution in [2.75, 3.05) is 26.9 Å². The van der Waals surface area contributed by atoms with Crippen LogP contribution in [0.3, 0.4) is 0 Å². The van der Waals surface area contributed by atoms with Gasteiger partial charge in [-0.3, -0.25) is 4.90 Å². The number of carbonyl (C=O) groups is 2. The molecule has 0 spiro atoms. The van der Waals surface area contributed by atoms with Gasteiger partial charge in [0.2, 0.25) is 0 Å². The number of hydrogen-bond acceptors (Lipinski definition) is 6. The van der Waals surface area contributed by atoms with Gasteiger partial charge in [0.1, 0.15) is 12.1 Å². The first-order valence-electron chi connectivity index (χ1n) is 9.00. The molecule has 0 aliphatic carbocycles. The van der Waals surface area contributed by atoms with Crippen LogP contribution in [0.5, 0.6) is 0 Å². The fourth-order valence-corrected chi connectivity index (χ4v) is 3.71. The quantitative estimate of drug-likeness (QED) is 0.804. The molecule has 2 aliphatic heterocycles. The van der Waals surface area contributed by atoms with Gasteiger partial charge in [-0.2, -0.15) is 0 Å². The number of benzene rings is 1. The smallest absolute Gasteiger partial charge is 0.408 e. The van der Waals surface area contributed by atoms with Crippen LogP contribution >= 0.6 is 0 Å². The maximum Gasteiger partial charge on any atom is 0.408 e. The molecule has 1 aromatic carbocycles. The van der Waals surface area contributed by atoms with Crippen LogP contribution in [0.25, 0.3) is 0 Å². The Labute approximate surface area is 153 Å². The number of nitrogens with zero attached hydrogens (tertiary/aromatic N) is 1. The standard InChI is InChI=1S/C19H26N2O5/c1-3-25-17(22)19(9-15-12-24-13-16(10-19)21(15)2)20-18(23)26-11-14-7-5-4-6-8-14/h4-8,15-16H,3,9-13H2,1-2H3,(H,20,23). The van der Waals surface area contributed by atoms with Gasteiger partial charge in [0, 0.05) is 12.1 Å². The average molecular weight is 362 g/mol. The molecular weight excluding hydrogens is 336 g/mol. The van der Waals surface area contributed by atoms with E-state index in [-0.39, 0.29) is 25.3 Å². The van der Waals surface area contributed by atoms with Crippen molar-refractivity contribution in [2.24, 2.45) is 0 Å². The molecule has 2 fully saturated rings. The number of carbonyl (C=O) groups excluding carboxylic acids is 2. The maximum absolute atomic E-state index is 12.7. The minimum absolute atomic E-state index is 0.0568. The number of hydrogen-bond donors (Lipinski definition) is 1. The van der Waals surface area contributed by atoms with E-state index in [1.165, 1.54) is 0 Å². The topological polar surface area (TPSA) is 77.1 Å². The zero-order chi connectivity index (χ0) is 18.6. The molecule has 3 rings (SSSR count). The number of alkyl carbamates (subject to hydrolysis) is 1.